The average Bonchev–Trinajstić information content (AvgIpc) is 2.61. The third-order valence-electron chi connectivity index (χ3n) is 1.65. The van der Waals surface area contributed by atoms with Gasteiger partial charge in [0, 0.05) is 0 Å². The van der Waals surface area contributed by atoms with Gasteiger partial charge in [0.1, 0.15) is 14.6 Å². The highest BCUT2D eigenvalue weighted by molar-refractivity contribution is 7.86. The van der Waals surface area contributed by atoms with Crippen LogP contribution in [0, 0.1) is 0 Å². The maximum Gasteiger partial charge on any atom is 0.349 e. The zero-order chi connectivity index (χ0) is 13.2. The van der Waals surface area contributed by atoms with Crippen molar-refractivity contribution in [2.24, 2.45) is 0 Å². The number of ether oxygens (including phenoxy) is 1. The van der Waals surface area contributed by atoms with Gasteiger partial charge in [-0.2, -0.15) is 8.42 Å². The van der Waals surface area contributed by atoms with Crippen LogP contribution in [-0.2, 0) is 14.9 Å². The molecule has 94 valence electrons. The standard InChI is InChI=1S/C8H8O7S2/c1-2-15-8(11)6-5(17(12,13)14)3-4(16-6)7(9)10/h3H,2H2,1H3,(H,9,10)(H,12,13,14). The van der Waals surface area contributed by atoms with Gasteiger partial charge in [-0.1, -0.05) is 0 Å². The van der Waals surface area contributed by atoms with Gasteiger partial charge in [-0.05, 0) is 13.0 Å². The van der Waals surface area contributed by atoms with Crippen molar-refractivity contribution in [3.63, 3.8) is 0 Å². The molecule has 1 rings (SSSR count). The van der Waals surface area contributed by atoms with Gasteiger partial charge in [0.05, 0.1) is 6.61 Å². The molecule has 1 aromatic rings. The summed E-state index contributed by atoms with van der Waals surface area (Å²) < 4.78 is 35.3. The molecule has 0 bridgehead atoms. The van der Waals surface area contributed by atoms with Crippen LogP contribution in [0.15, 0.2) is 11.0 Å². The Kier molecular flexibility index (Phi) is 3.86. The molecule has 0 amide bonds. The molecular weight excluding hydrogens is 272 g/mol. The van der Waals surface area contributed by atoms with Gasteiger partial charge < -0.3 is 9.84 Å². The molecule has 0 saturated carbocycles. The molecule has 0 saturated heterocycles. The number of aromatic carboxylic acids is 1. The molecule has 0 fully saturated rings. The molecule has 2 N–H and O–H groups in total. The number of hydrogen-bond donors (Lipinski definition) is 2. The van der Waals surface area contributed by atoms with Crippen molar-refractivity contribution >= 4 is 33.4 Å². The first kappa shape index (κ1) is 13.6. The Morgan fingerprint density at radius 1 is 1.47 bits per heavy atom. The summed E-state index contributed by atoms with van der Waals surface area (Å²) >= 11 is 0.429. The largest absolute Gasteiger partial charge is 0.477 e. The number of hydrogen-bond acceptors (Lipinski definition) is 6. The quantitative estimate of drug-likeness (QED) is 0.620. The highest BCUT2D eigenvalue weighted by atomic mass is 32.2. The van der Waals surface area contributed by atoms with E-state index in [2.05, 4.69) is 4.74 Å². The number of esters is 1. The van der Waals surface area contributed by atoms with Gasteiger partial charge in [-0.15, -0.1) is 11.3 Å². The van der Waals surface area contributed by atoms with E-state index in [9.17, 15) is 18.0 Å². The molecular formula is C8H8O7S2. The van der Waals surface area contributed by atoms with Gasteiger partial charge in [0.25, 0.3) is 10.1 Å². The van der Waals surface area contributed by atoms with E-state index in [0.29, 0.717) is 17.4 Å². The SMILES string of the molecule is CCOC(=O)c1sc(C(=O)O)cc1S(=O)(=O)O. The monoisotopic (exact) mass is 280 g/mol. The van der Waals surface area contributed by atoms with Crippen molar-refractivity contribution in [1.82, 2.24) is 0 Å². The fourth-order valence-electron chi connectivity index (χ4n) is 1.01. The lowest BCUT2D eigenvalue weighted by atomic mass is 10.4. The van der Waals surface area contributed by atoms with E-state index in [0.717, 1.165) is 0 Å². The van der Waals surface area contributed by atoms with Crippen LogP contribution in [-0.4, -0.2) is 36.6 Å². The minimum Gasteiger partial charge on any atom is -0.477 e. The first-order chi connectivity index (χ1) is 7.77. The Morgan fingerprint density at radius 3 is 2.47 bits per heavy atom. The topological polar surface area (TPSA) is 118 Å². The maximum absolute atomic E-state index is 11.4. The first-order valence-corrected chi connectivity index (χ1v) is 6.54. The lowest BCUT2D eigenvalue weighted by Crippen LogP contribution is -2.08. The predicted molar refractivity (Wildman–Crippen MR) is 57.0 cm³/mol. The van der Waals surface area contributed by atoms with Crippen LogP contribution in [0.25, 0.3) is 0 Å². The van der Waals surface area contributed by atoms with Gasteiger partial charge in [-0.3, -0.25) is 4.55 Å². The van der Waals surface area contributed by atoms with Crippen LogP contribution in [0.3, 0.4) is 0 Å². The van der Waals surface area contributed by atoms with Crippen molar-refractivity contribution in [2.75, 3.05) is 6.61 Å². The summed E-state index contributed by atoms with van der Waals surface area (Å²) in [5.41, 5.74) is 0. The van der Waals surface area contributed by atoms with Crippen LogP contribution in [0.5, 0.6) is 0 Å². The highest BCUT2D eigenvalue weighted by Crippen LogP contribution is 2.27. The summed E-state index contributed by atoms with van der Waals surface area (Å²) in [6, 6.07) is 0.717. The van der Waals surface area contributed by atoms with Crippen molar-refractivity contribution in [3.05, 3.63) is 15.8 Å². The number of carboxylic acids is 1. The van der Waals surface area contributed by atoms with Gasteiger partial charge >= 0.3 is 11.9 Å². The molecule has 7 nitrogen and oxygen atoms in total. The van der Waals surface area contributed by atoms with Gasteiger partial charge in [0.15, 0.2) is 0 Å². The fourth-order valence-corrected chi connectivity index (χ4v) is 2.90. The minimum atomic E-state index is -4.66. The van der Waals surface area contributed by atoms with Gasteiger partial charge in [-0.25, -0.2) is 9.59 Å². The highest BCUT2D eigenvalue weighted by Gasteiger charge is 2.27. The molecule has 1 aromatic heterocycles. The van der Waals surface area contributed by atoms with Crippen LogP contribution in [0.1, 0.15) is 26.3 Å². The van der Waals surface area contributed by atoms with Crippen molar-refractivity contribution in [2.45, 2.75) is 11.8 Å². The van der Waals surface area contributed by atoms with Crippen molar-refractivity contribution < 1.29 is 32.4 Å². The molecule has 0 aliphatic heterocycles. The Labute approximate surface area is 100 Å². The van der Waals surface area contributed by atoms with Crippen LogP contribution in [0.4, 0.5) is 0 Å². The summed E-state index contributed by atoms with van der Waals surface area (Å²) in [5.74, 6) is -2.38. The van der Waals surface area contributed by atoms with E-state index < -0.39 is 31.8 Å². The minimum absolute atomic E-state index is 0.00402. The number of rotatable bonds is 4. The molecule has 1 heterocycles. The van der Waals surface area contributed by atoms with Crippen molar-refractivity contribution in [1.29, 1.82) is 0 Å². The third kappa shape index (κ3) is 3.02. The molecule has 0 unspecified atom stereocenters. The Bertz CT molecular complexity index is 554. The van der Waals surface area contributed by atoms with Gasteiger partial charge in [0.2, 0.25) is 0 Å². The summed E-state index contributed by atoms with van der Waals surface area (Å²) in [6.45, 7) is 1.51. The number of carboxylic acid groups (broad SMARTS) is 1. The van der Waals surface area contributed by atoms with E-state index in [1.165, 1.54) is 6.92 Å². The predicted octanol–water partition coefficient (Wildman–Crippen LogP) is 0.870. The number of carbonyl (C=O) groups excluding carboxylic acids is 1. The molecule has 0 aliphatic carbocycles. The molecule has 0 spiro atoms. The number of thiophene rings is 1. The lowest BCUT2D eigenvalue weighted by Gasteiger charge is -2.00. The summed E-state index contributed by atoms with van der Waals surface area (Å²) in [7, 11) is -4.66. The van der Waals surface area contributed by atoms with E-state index in [1.807, 2.05) is 0 Å². The second-order valence-corrected chi connectivity index (χ2v) is 5.25. The summed E-state index contributed by atoms with van der Waals surface area (Å²) in [6.07, 6.45) is 0. The maximum atomic E-state index is 11.4. The molecule has 9 heteroatoms. The first-order valence-electron chi connectivity index (χ1n) is 4.29. The average molecular weight is 280 g/mol. The molecule has 0 aromatic carbocycles. The fraction of sp³-hybridized carbons (Fsp3) is 0.250. The van der Waals surface area contributed by atoms with E-state index in [-0.39, 0.29) is 11.5 Å². The van der Waals surface area contributed by atoms with Crippen LogP contribution >= 0.6 is 11.3 Å². The lowest BCUT2D eigenvalue weighted by molar-refractivity contribution is 0.0527. The van der Waals surface area contributed by atoms with Crippen molar-refractivity contribution in [3.8, 4) is 0 Å². The van der Waals surface area contributed by atoms with Crippen LogP contribution < -0.4 is 0 Å². The van der Waals surface area contributed by atoms with E-state index in [4.69, 9.17) is 9.66 Å². The summed E-state index contributed by atoms with van der Waals surface area (Å²) in [5, 5.41) is 8.68. The van der Waals surface area contributed by atoms with Crippen LogP contribution in [0.2, 0.25) is 0 Å². The Hall–Kier alpha value is -1.45. The van der Waals surface area contributed by atoms with E-state index in [1.54, 1.807) is 0 Å². The normalized spacial score (nSPS) is 11.2. The molecule has 17 heavy (non-hydrogen) atoms. The Balaban J connectivity index is 3.37. The Morgan fingerprint density at radius 2 is 2.06 bits per heavy atom. The molecule has 0 radical (unpaired) electrons. The zero-order valence-electron chi connectivity index (χ0n) is 8.54. The second-order valence-electron chi connectivity index (χ2n) is 2.80. The van der Waals surface area contributed by atoms with E-state index >= 15 is 0 Å². The molecule has 0 aliphatic rings. The zero-order valence-corrected chi connectivity index (χ0v) is 10.2. The molecule has 0 atom stereocenters. The third-order valence-corrected chi connectivity index (χ3v) is 3.76. The number of carbonyl (C=O) groups is 2. The summed E-state index contributed by atoms with van der Waals surface area (Å²) in [4.78, 5) is 20.4. The second kappa shape index (κ2) is 4.82. The smallest absolute Gasteiger partial charge is 0.349 e.